The van der Waals surface area contributed by atoms with E-state index in [0.29, 0.717) is 5.82 Å². The lowest BCUT2D eigenvalue weighted by molar-refractivity contribution is -0.115. The Morgan fingerprint density at radius 3 is 2.71 bits per heavy atom. The van der Waals surface area contributed by atoms with Gasteiger partial charge in [0.2, 0.25) is 0 Å². The maximum absolute atomic E-state index is 10.8. The van der Waals surface area contributed by atoms with Gasteiger partial charge in [0.15, 0.2) is 0 Å². The third-order valence-corrected chi connectivity index (χ3v) is 3.65. The molecule has 0 aliphatic carbocycles. The van der Waals surface area contributed by atoms with Crippen LogP contribution in [0.3, 0.4) is 0 Å². The van der Waals surface area contributed by atoms with E-state index in [1.165, 1.54) is 6.92 Å². The molecule has 2 heterocycles. The summed E-state index contributed by atoms with van der Waals surface area (Å²) in [4.78, 5) is 11.9. The van der Waals surface area contributed by atoms with Crippen molar-refractivity contribution in [1.29, 1.82) is 0 Å². The zero-order chi connectivity index (χ0) is 12.3. The lowest BCUT2D eigenvalue weighted by Crippen LogP contribution is -2.11. The van der Waals surface area contributed by atoms with Crippen molar-refractivity contribution in [3.05, 3.63) is 28.1 Å². The van der Waals surface area contributed by atoms with Crippen LogP contribution in [-0.2, 0) is 4.79 Å². The molecule has 0 spiro atoms. The Hall–Kier alpha value is -1.27. The van der Waals surface area contributed by atoms with Crippen molar-refractivity contribution >= 4 is 38.9 Å². The summed E-state index contributed by atoms with van der Waals surface area (Å²) in [6.07, 6.45) is 0. The second kappa shape index (κ2) is 5.37. The van der Waals surface area contributed by atoms with Crippen molar-refractivity contribution in [2.24, 2.45) is 0 Å². The minimum atomic E-state index is 0.0677. The van der Waals surface area contributed by atoms with E-state index in [1.807, 2.05) is 24.3 Å². The van der Waals surface area contributed by atoms with Crippen LogP contribution in [0.4, 0.5) is 5.82 Å². The third-order valence-electron chi connectivity index (χ3n) is 2.01. The van der Waals surface area contributed by atoms with Gasteiger partial charge in [-0.25, -0.2) is 0 Å². The zero-order valence-corrected chi connectivity index (χ0v) is 11.5. The topological polar surface area (TPSA) is 54.9 Å². The predicted molar refractivity (Wildman–Crippen MR) is 72.2 cm³/mol. The van der Waals surface area contributed by atoms with Crippen molar-refractivity contribution in [3.8, 4) is 10.6 Å². The van der Waals surface area contributed by atoms with Gasteiger partial charge in [-0.3, -0.25) is 4.79 Å². The highest BCUT2D eigenvalue weighted by molar-refractivity contribution is 9.11. The first-order valence-electron chi connectivity index (χ1n) is 4.98. The van der Waals surface area contributed by atoms with Crippen LogP contribution in [0.1, 0.15) is 6.92 Å². The summed E-state index contributed by atoms with van der Waals surface area (Å²) in [7, 11) is 0. The Morgan fingerprint density at radius 2 is 2.18 bits per heavy atom. The number of rotatable bonds is 4. The van der Waals surface area contributed by atoms with Crippen molar-refractivity contribution in [2.75, 3.05) is 11.9 Å². The molecule has 2 rings (SSSR count). The summed E-state index contributed by atoms with van der Waals surface area (Å²) in [5.74, 6) is 0.678. The fraction of sp³-hybridized carbons (Fsp3) is 0.182. The van der Waals surface area contributed by atoms with E-state index in [0.717, 1.165) is 14.4 Å². The Bertz CT molecular complexity index is 524. The molecule has 0 fully saturated rings. The lowest BCUT2D eigenvalue weighted by atomic mass is 10.3. The first-order chi connectivity index (χ1) is 8.15. The van der Waals surface area contributed by atoms with Gasteiger partial charge in [-0.05, 0) is 47.1 Å². The van der Waals surface area contributed by atoms with Crippen molar-refractivity contribution in [1.82, 2.24) is 10.2 Å². The second-order valence-electron chi connectivity index (χ2n) is 3.46. The van der Waals surface area contributed by atoms with Crippen LogP contribution in [0.5, 0.6) is 0 Å². The van der Waals surface area contributed by atoms with Crippen molar-refractivity contribution < 1.29 is 4.79 Å². The quantitative estimate of drug-likeness (QED) is 0.943. The average molecular weight is 312 g/mol. The number of carbonyl (C=O) groups is 1. The number of anilines is 1. The molecule has 0 saturated carbocycles. The summed E-state index contributed by atoms with van der Waals surface area (Å²) in [6.45, 7) is 1.80. The fourth-order valence-corrected chi connectivity index (χ4v) is 2.58. The van der Waals surface area contributed by atoms with E-state index in [2.05, 4.69) is 31.4 Å². The molecule has 4 nitrogen and oxygen atoms in total. The Labute approximate surface area is 111 Å². The van der Waals surface area contributed by atoms with Crippen LogP contribution < -0.4 is 5.32 Å². The number of Topliss-reactive ketones (excluding diaryl/α,β-unsaturated/α-hetero) is 1. The summed E-state index contributed by atoms with van der Waals surface area (Å²) >= 11 is 5.01. The molecule has 6 heteroatoms. The number of halogens is 1. The third kappa shape index (κ3) is 3.34. The number of hydrogen-bond acceptors (Lipinski definition) is 5. The minimum Gasteiger partial charge on any atom is -0.362 e. The summed E-state index contributed by atoms with van der Waals surface area (Å²) in [5.41, 5.74) is 0.828. The van der Waals surface area contributed by atoms with Crippen LogP contribution in [0.15, 0.2) is 28.1 Å². The maximum atomic E-state index is 10.8. The molecule has 0 radical (unpaired) electrons. The minimum absolute atomic E-state index is 0.0677. The molecule has 17 heavy (non-hydrogen) atoms. The number of nitrogens with one attached hydrogen (secondary N) is 1. The summed E-state index contributed by atoms with van der Waals surface area (Å²) in [6, 6.07) is 7.66. The number of nitrogens with zero attached hydrogens (tertiary/aromatic N) is 2. The molecule has 2 aromatic rings. The molecular weight excluding hydrogens is 302 g/mol. The van der Waals surface area contributed by atoms with Gasteiger partial charge in [0.1, 0.15) is 17.3 Å². The fourth-order valence-electron chi connectivity index (χ4n) is 1.22. The van der Waals surface area contributed by atoms with E-state index in [4.69, 9.17) is 0 Å². The van der Waals surface area contributed by atoms with Gasteiger partial charge in [-0.2, -0.15) is 0 Å². The number of ketones is 1. The molecule has 2 aromatic heterocycles. The number of carbonyl (C=O) groups excluding carboxylic acids is 1. The van der Waals surface area contributed by atoms with Crippen LogP contribution in [0.2, 0.25) is 0 Å². The van der Waals surface area contributed by atoms with Gasteiger partial charge >= 0.3 is 0 Å². The first-order valence-corrected chi connectivity index (χ1v) is 6.59. The van der Waals surface area contributed by atoms with E-state index in [1.54, 1.807) is 11.3 Å². The molecule has 0 aromatic carbocycles. The van der Waals surface area contributed by atoms with E-state index in [-0.39, 0.29) is 12.3 Å². The number of aromatic nitrogens is 2. The molecule has 0 saturated heterocycles. The van der Waals surface area contributed by atoms with E-state index >= 15 is 0 Å². The van der Waals surface area contributed by atoms with Gasteiger partial charge in [0.05, 0.1) is 15.2 Å². The molecule has 0 aliphatic heterocycles. The van der Waals surface area contributed by atoms with E-state index in [9.17, 15) is 4.79 Å². The SMILES string of the molecule is CC(=O)CNc1ccc(-c2ccc(Br)s2)nn1. The van der Waals surface area contributed by atoms with Gasteiger partial charge < -0.3 is 5.32 Å². The van der Waals surface area contributed by atoms with Crippen LogP contribution >= 0.6 is 27.3 Å². The second-order valence-corrected chi connectivity index (χ2v) is 5.93. The highest BCUT2D eigenvalue weighted by Crippen LogP contribution is 2.29. The van der Waals surface area contributed by atoms with Crippen LogP contribution in [-0.4, -0.2) is 22.5 Å². The molecular formula is C11H10BrN3OS. The predicted octanol–water partition coefficient (Wildman–Crippen LogP) is 2.97. The smallest absolute Gasteiger partial charge is 0.149 e. The Morgan fingerprint density at radius 1 is 1.35 bits per heavy atom. The van der Waals surface area contributed by atoms with Gasteiger partial charge in [-0.1, -0.05) is 0 Å². The lowest BCUT2D eigenvalue weighted by Gasteiger charge is -2.02. The molecule has 0 amide bonds. The highest BCUT2D eigenvalue weighted by Gasteiger charge is 2.04. The average Bonchev–Trinajstić information content (AvgIpc) is 2.74. The van der Waals surface area contributed by atoms with Crippen molar-refractivity contribution in [2.45, 2.75) is 6.92 Å². The van der Waals surface area contributed by atoms with Crippen LogP contribution in [0.25, 0.3) is 10.6 Å². The largest absolute Gasteiger partial charge is 0.362 e. The monoisotopic (exact) mass is 311 g/mol. The molecule has 1 N–H and O–H groups in total. The molecule has 0 unspecified atom stereocenters. The Balaban J connectivity index is 2.10. The highest BCUT2D eigenvalue weighted by atomic mass is 79.9. The van der Waals surface area contributed by atoms with Gasteiger partial charge in [-0.15, -0.1) is 21.5 Å². The zero-order valence-electron chi connectivity index (χ0n) is 9.11. The number of hydrogen-bond donors (Lipinski definition) is 1. The molecule has 0 atom stereocenters. The molecule has 0 bridgehead atoms. The normalized spacial score (nSPS) is 10.2. The summed E-state index contributed by atoms with van der Waals surface area (Å²) in [5, 5.41) is 11.0. The standard InChI is InChI=1S/C11H10BrN3OS/c1-7(16)6-13-11-5-2-8(14-15-11)9-3-4-10(12)17-9/h2-5H,6H2,1H3,(H,13,15). The van der Waals surface area contributed by atoms with Crippen molar-refractivity contribution in [3.63, 3.8) is 0 Å². The summed E-state index contributed by atoms with van der Waals surface area (Å²) < 4.78 is 1.06. The molecule has 88 valence electrons. The van der Waals surface area contributed by atoms with E-state index < -0.39 is 0 Å². The molecule has 0 aliphatic rings. The van der Waals surface area contributed by atoms with Gasteiger partial charge in [0.25, 0.3) is 0 Å². The van der Waals surface area contributed by atoms with Gasteiger partial charge in [0, 0.05) is 0 Å². The van der Waals surface area contributed by atoms with Crippen LogP contribution in [0, 0.1) is 0 Å². The Kier molecular flexibility index (Phi) is 3.86. The first kappa shape index (κ1) is 12.2. The maximum Gasteiger partial charge on any atom is 0.149 e. The number of thiophene rings is 1.